The van der Waals surface area contributed by atoms with E-state index in [0.717, 1.165) is 5.30 Å². The summed E-state index contributed by atoms with van der Waals surface area (Å²) in [5.41, 5.74) is 0. The second-order valence-electron chi connectivity index (χ2n) is 3.91. The van der Waals surface area contributed by atoms with Crippen LogP contribution in [0.5, 0.6) is 0 Å². The Morgan fingerprint density at radius 3 is 1.60 bits per heavy atom. The van der Waals surface area contributed by atoms with Gasteiger partial charge in [0, 0.05) is 26.6 Å². The third-order valence-electron chi connectivity index (χ3n) is 2.34. The summed E-state index contributed by atoms with van der Waals surface area (Å²) in [5, 5.41) is 3.77. The van der Waals surface area contributed by atoms with Gasteiger partial charge in [-0.1, -0.05) is 81.9 Å². The van der Waals surface area contributed by atoms with Gasteiger partial charge in [0.1, 0.15) is 0 Å². The lowest BCUT2D eigenvalue weighted by Crippen LogP contribution is -2.24. The first-order valence-electron chi connectivity index (χ1n) is 5.86. The molecule has 8 heteroatoms. The Morgan fingerprint density at radius 1 is 0.850 bits per heavy atom. The molecule has 0 amide bonds. The van der Waals surface area contributed by atoms with Gasteiger partial charge in [0.25, 0.3) is 0 Å². The molecule has 0 aliphatic carbocycles. The van der Waals surface area contributed by atoms with E-state index in [2.05, 4.69) is 63.7 Å². The molecule has 1 aromatic carbocycles. The van der Waals surface area contributed by atoms with E-state index in [1.807, 2.05) is 30.3 Å². The predicted octanol–water partition coefficient (Wildman–Crippen LogP) is 4.97. The molecule has 0 atom stereocenters. The molecule has 0 unspecified atom stereocenters. The van der Waals surface area contributed by atoms with Crippen molar-refractivity contribution in [2.24, 2.45) is 0 Å². The maximum atomic E-state index is 6.12. The highest BCUT2D eigenvalue weighted by Crippen LogP contribution is 2.50. The minimum absolute atomic E-state index is 0.0210. The first-order valence-corrected chi connectivity index (χ1v) is 13.0. The number of rotatable bonds is 9. The molecule has 0 bridgehead atoms. The molecule has 0 spiro atoms. The topological polar surface area (TPSA) is 18.5 Å². The van der Waals surface area contributed by atoms with E-state index in [4.69, 9.17) is 20.9 Å². The number of alkyl halides is 4. The third-order valence-corrected chi connectivity index (χ3v) is 8.46. The Labute approximate surface area is 159 Å². The number of hydrogen-bond acceptors (Lipinski definition) is 3. The molecule has 0 fully saturated rings. The maximum Gasteiger partial charge on any atom is 0.220 e. The molecule has 0 heterocycles. The van der Waals surface area contributed by atoms with Crippen LogP contribution in [0.3, 0.4) is 0 Å². The summed E-state index contributed by atoms with van der Waals surface area (Å²) in [6.45, 7) is -2.54. The van der Waals surface area contributed by atoms with Gasteiger partial charge in [-0.15, -0.1) is 0 Å². The summed E-state index contributed by atoms with van der Waals surface area (Å²) >= 11 is 19.5. The lowest BCUT2D eigenvalue weighted by Gasteiger charge is -2.29. The monoisotopic (exact) mass is 570 g/mol. The first kappa shape index (κ1) is 19.8. The molecular formula is C12H15Br4O2PS. The summed E-state index contributed by atoms with van der Waals surface area (Å²) in [5.74, 6) is 0. The van der Waals surface area contributed by atoms with Crippen LogP contribution < -0.4 is 5.30 Å². The zero-order valence-corrected chi connectivity index (χ0v) is 18.6. The Morgan fingerprint density at radius 2 is 1.25 bits per heavy atom. The fraction of sp³-hybridized carbons (Fsp3) is 0.500. The van der Waals surface area contributed by atoms with Crippen molar-refractivity contribution in [2.45, 2.75) is 12.2 Å². The predicted molar refractivity (Wildman–Crippen MR) is 105 cm³/mol. The van der Waals surface area contributed by atoms with E-state index in [9.17, 15) is 0 Å². The molecule has 0 saturated heterocycles. The summed E-state index contributed by atoms with van der Waals surface area (Å²) in [4.78, 5) is 0. The summed E-state index contributed by atoms with van der Waals surface area (Å²) in [7, 11) is 0. The smallest absolute Gasteiger partial charge is 0.220 e. The SMILES string of the molecule is S=P(OC(CBr)CBr)(OC(CBr)CBr)c1ccccc1. The normalized spacial score (nSPS) is 12.3. The molecule has 114 valence electrons. The summed E-state index contributed by atoms with van der Waals surface area (Å²) < 4.78 is 12.2. The average molecular weight is 574 g/mol. The molecular weight excluding hydrogens is 559 g/mol. The molecule has 2 nitrogen and oxygen atoms in total. The van der Waals surface area contributed by atoms with Crippen LogP contribution >= 0.6 is 70.2 Å². The summed E-state index contributed by atoms with van der Waals surface area (Å²) in [6, 6.07) is 9.82. The van der Waals surface area contributed by atoms with Crippen molar-refractivity contribution in [3.05, 3.63) is 30.3 Å². The van der Waals surface area contributed by atoms with Crippen LogP contribution in [0.15, 0.2) is 30.3 Å². The largest absolute Gasteiger partial charge is 0.321 e. The molecule has 0 saturated carbocycles. The average Bonchev–Trinajstić information content (AvgIpc) is 2.51. The highest BCUT2D eigenvalue weighted by molar-refractivity contribution is 9.10. The van der Waals surface area contributed by atoms with Crippen LogP contribution in [0, 0.1) is 0 Å². The van der Waals surface area contributed by atoms with E-state index in [1.54, 1.807) is 0 Å². The van der Waals surface area contributed by atoms with Gasteiger partial charge in [0.05, 0.1) is 12.2 Å². The van der Waals surface area contributed by atoms with E-state index >= 15 is 0 Å². The van der Waals surface area contributed by atoms with Crippen molar-refractivity contribution in [1.82, 2.24) is 0 Å². The van der Waals surface area contributed by atoms with Gasteiger partial charge in [-0.25, -0.2) is 0 Å². The Kier molecular flexibility index (Phi) is 10.4. The quantitative estimate of drug-likeness (QED) is 0.307. The Balaban J connectivity index is 3.02. The van der Waals surface area contributed by atoms with Crippen LogP contribution in [0.4, 0.5) is 0 Å². The van der Waals surface area contributed by atoms with Gasteiger partial charge in [0.15, 0.2) is 0 Å². The minimum atomic E-state index is -2.54. The van der Waals surface area contributed by atoms with E-state index in [1.165, 1.54) is 0 Å². The molecule has 0 aliphatic rings. The second kappa shape index (κ2) is 10.5. The van der Waals surface area contributed by atoms with Crippen molar-refractivity contribution in [2.75, 3.05) is 21.3 Å². The number of benzene rings is 1. The molecule has 0 N–H and O–H groups in total. The molecule has 0 aromatic heterocycles. The number of hydrogen-bond donors (Lipinski definition) is 0. The van der Waals surface area contributed by atoms with Crippen molar-refractivity contribution in [1.29, 1.82) is 0 Å². The molecule has 1 rings (SSSR count). The zero-order valence-electron chi connectivity index (χ0n) is 10.6. The fourth-order valence-electron chi connectivity index (χ4n) is 1.34. The van der Waals surface area contributed by atoms with Crippen LogP contribution in [-0.2, 0) is 20.9 Å². The van der Waals surface area contributed by atoms with Crippen molar-refractivity contribution >= 4 is 87.3 Å². The van der Waals surface area contributed by atoms with E-state index in [-0.39, 0.29) is 12.2 Å². The highest BCUT2D eigenvalue weighted by Gasteiger charge is 2.28. The van der Waals surface area contributed by atoms with Gasteiger partial charge in [-0.05, 0) is 23.9 Å². The van der Waals surface area contributed by atoms with Crippen molar-refractivity contribution < 1.29 is 9.05 Å². The van der Waals surface area contributed by atoms with Crippen molar-refractivity contribution in [3.8, 4) is 0 Å². The van der Waals surface area contributed by atoms with Crippen LogP contribution in [-0.4, -0.2) is 33.5 Å². The Hall–Kier alpha value is 1.71. The fourth-order valence-corrected chi connectivity index (χ4v) is 7.84. The van der Waals surface area contributed by atoms with Crippen LogP contribution in [0.25, 0.3) is 0 Å². The zero-order chi connectivity index (χ0) is 15.0. The maximum absolute atomic E-state index is 6.12. The van der Waals surface area contributed by atoms with Gasteiger partial charge >= 0.3 is 0 Å². The minimum Gasteiger partial charge on any atom is -0.321 e. The van der Waals surface area contributed by atoms with E-state index in [0.29, 0.717) is 21.3 Å². The highest BCUT2D eigenvalue weighted by atomic mass is 79.9. The molecule has 0 aliphatic heterocycles. The van der Waals surface area contributed by atoms with Crippen LogP contribution in [0.2, 0.25) is 0 Å². The number of halogens is 4. The van der Waals surface area contributed by atoms with Gasteiger partial charge in [-0.2, -0.15) is 0 Å². The van der Waals surface area contributed by atoms with Gasteiger partial charge in [-0.3, -0.25) is 0 Å². The molecule has 0 radical (unpaired) electrons. The lowest BCUT2D eigenvalue weighted by molar-refractivity contribution is 0.192. The van der Waals surface area contributed by atoms with Gasteiger partial charge < -0.3 is 9.05 Å². The van der Waals surface area contributed by atoms with Gasteiger partial charge in [0.2, 0.25) is 6.49 Å². The lowest BCUT2D eigenvalue weighted by atomic mass is 10.4. The first-order chi connectivity index (χ1) is 9.59. The van der Waals surface area contributed by atoms with E-state index < -0.39 is 6.49 Å². The summed E-state index contributed by atoms with van der Waals surface area (Å²) in [6.07, 6.45) is -0.0420. The molecule has 1 aromatic rings. The Bertz CT molecular complexity index is 409. The standard InChI is InChI=1S/C12H15Br4O2PS/c13-6-10(7-14)17-19(20,18-11(8-15)9-16)12-4-2-1-3-5-12/h1-5,10-11H,6-9H2. The molecule has 20 heavy (non-hydrogen) atoms. The third kappa shape index (κ3) is 6.07. The second-order valence-corrected chi connectivity index (χ2v) is 9.87. The van der Waals surface area contributed by atoms with Crippen molar-refractivity contribution in [3.63, 3.8) is 0 Å². The van der Waals surface area contributed by atoms with Crippen LogP contribution in [0.1, 0.15) is 0 Å².